The minimum absolute atomic E-state index is 0.00664. The summed E-state index contributed by atoms with van der Waals surface area (Å²) in [4.78, 5) is 11.4. The minimum atomic E-state index is -3.79. The number of carbonyl (C=O) groups excluding carboxylic acids is 1. The lowest BCUT2D eigenvalue weighted by atomic mass is 10.1. The Morgan fingerprint density at radius 3 is 2.65 bits per heavy atom. The van der Waals surface area contributed by atoms with Crippen molar-refractivity contribution in [2.75, 3.05) is 12.4 Å². The molecule has 0 saturated carbocycles. The molecular formula is C17H23N3O5S. The van der Waals surface area contributed by atoms with Crippen molar-refractivity contribution in [2.45, 2.75) is 45.1 Å². The van der Waals surface area contributed by atoms with Crippen LogP contribution in [-0.4, -0.2) is 32.6 Å². The molecule has 1 amide bonds. The van der Waals surface area contributed by atoms with Crippen LogP contribution in [0.4, 0.5) is 5.88 Å². The molecule has 1 aromatic heterocycles. The minimum Gasteiger partial charge on any atom is -0.495 e. The van der Waals surface area contributed by atoms with Gasteiger partial charge in [0.1, 0.15) is 10.6 Å². The van der Waals surface area contributed by atoms with Gasteiger partial charge in [0.25, 0.3) is 0 Å². The predicted molar refractivity (Wildman–Crippen MR) is 97.6 cm³/mol. The summed E-state index contributed by atoms with van der Waals surface area (Å²) in [6.07, 6.45) is 0.651. The van der Waals surface area contributed by atoms with E-state index in [9.17, 15) is 13.2 Å². The van der Waals surface area contributed by atoms with E-state index in [1.54, 1.807) is 26.0 Å². The number of nitrogens with zero attached hydrogens (tertiary/aromatic N) is 1. The van der Waals surface area contributed by atoms with Crippen LogP contribution in [0.15, 0.2) is 27.6 Å². The summed E-state index contributed by atoms with van der Waals surface area (Å²) in [5.74, 6) is 0.0698. The molecule has 0 fully saturated rings. The van der Waals surface area contributed by atoms with Crippen LogP contribution in [0.1, 0.15) is 32.9 Å². The highest BCUT2D eigenvalue weighted by molar-refractivity contribution is 7.89. The zero-order chi connectivity index (χ0) is 19.5. The van der Waals surface area contributed by atoms with Crippen molar-refractivity contribution >= 4 is 21.8 Å². The molecule has 0 bridgehead atoms. The number of sulfonamides is 1. The highest BCUT2D eigenvalue weighted by Gasteiger charge is 2.24. The first-order valence-electron chi connectivity index (χ1n) is 8.14. The van der Waals surface area contributed by atoms with Crippen LogP contribution < -0.4 is 14.8 Å². The van der Waals surface area contributed by atoms with Gasteiger partial charge in [0.05, 0.1) is 18.4 Å². The molecule has 26 heavy (non-hydrogen) atoms. The smallest absolute Gasteiger partial charge is 0.244 e. The third kappa shape index (κ3) is 4.23. The summed E-state index contributed by atoms with van der Waals surface area (Å²) < 4.78 is 38.5. The van der Waals surface area contributed by atoms with Crippen molar-refractivity contribution in [2.24, 2.45) is 0 Å². The van der Waals surface area contributed by atoms with Crippen molar-refractivity contribution in [3.8, 4) is 16.9 Å². The SMILES string of the molecule is CCC(C)NS(=O)(=O)c1cc(-c2c(C)noc2NC(C)=O)ccc1OC. The molecule has 0 aliphatic rings. The van der Waals surface area contributed by atoms with Gasteiger partial charge in [-0.25, -0.2) is 13.1 Å². The van der Waals surface area contributed by atoms with Gasteiger partial charge >= 0.3 is 0 Å². The van der Waals surface area contributed by atoms with E-state index in [0.717, 1.165) is 0 Å². The quantitative estimate of drug-likeness (QED) is 0.763. The lowest BCUT2D eigenvalue weighted by molar-refractivity contribution is -0.114. The third-order valence-electron chi connectivity index (χ3n) is 3.86. The normalized spacial score (nSPS) is 12.7. The number of hydrogen-bond acceptors (Lipinski definition) is 6. The van der Waals surface area contributed by atoms with Crippen LogP contribution >= 0.6 is 0 Å². The number of methoxy groups -OCH3 is 1. The standard InChI is InChI=1S/C17H23N3O5S/c1-6-10(2)20-26(22,23)15-9-13(7-8-14(15)24-5)16-11(3)19-25-17(16)18-12(4)21/h7-10,20H,6H2,1-5H3,(H,18,21). The number of ether oxygens (including phenoxy) is 1. The van der Waals surface area contributed by atoms with E-state index in [1.165, 1.54) is 20.1 Å². The highest BCUT2D eigenvalue weighted by atomic mass is 32.2. The zero-order valence-electron chi connectivity index (χ0n) is 15.4. The second-order valence-corrected chi connectivity index (χ2v) is 7.63. The van der Waals surface area contributed by atoms with E-state index < -0.39 is 10.0 Å². The first kappa shape index (κ1) is 19.9. The monoisotopic (exact) mass is 381 g/mol. The molecule has 2 N–H and O–H groups in total. The van der Waals surface area contributed by atoms with Gasteiger partial charge in [-0.15, -0.1) is 0 Å². The summed E-state index contributed by atoms with van der Waals surface area (Å²) in [5, 5.41) is 6.41. The first-order valence-corrected chi connectivity index (χ1v) is 9.62. The van der Waals surface area contributed by atoms with Gasteiger partial charge in [-0.3, -0.25) is 10.1 Å². The number of anilines is 1. The van der Waals surface area contributed by atoms with Gasteiger partial charge in [-0.1, -0.05) is 18.1 Å². The van der Waals surface area contributed by atoms with Crippen LogP contribution in [0.2, 0.25) is 0 Å². The maximum Gasteiger partial charge on any atom is 0.244 e. The third-order valence-corrected chi connectivity index (χ3v) is 5.47. The lowest BCUT2D eigenvalue weighted by Crippen LogP contribution is -2.32. The van der Waals surface area contributed by atoms with Crippen molar-refractivity contribution in [1.82, 2.24) is 9.88 Å². The second kappa shape index (κ2) is 7.88. The van der Waals surface area contributed by atoms with E-state index in [1.807, 2.05) is 6.92 Å². The van der Waals surface area contributed by atoms with Crippen molar-refractivity contribution in [3.63, 3.8) is 0 Å². The number of nitrogens with one attached hydrogen (secondary N) is 2. The number of aryl methyl sites for hydroxylation is 1. The number of carbonyl (C=O) groups is 1. The first-order chi connectivity index (χ1) is 12.2. The van der Waals surface area contributed by atoms with Crippen LogP contribution in [0.5, 0.6) is 5.75 Å². The second-order valence-electron chi connectivity index (χ2n) is 5.95. The maximum atomic E-state index is 12.8. The lowest BCUT2D eigenvalue weighted by Gasteiger charge is -2.15. The Hall–Kier alpha value is -2.39. The molecule has 8 nitrogen and oxygen atoms in total. The fourth-order valence-electron chi connectivity index (χ4n) is 2.41. The van der Waals surface area contributed by atoms with Gasteiger partial charge in [0.15, 0.2) is 0 Å². The van der Waals surface area contributed by atoms with Gasteiger partial charge in [0.2, 0.25) is 21.8 Å². The van der Waals surface area contributed by atoms with Gasteiger partial charge in [-0.2, -0.15) is 0 Å². The fourth-order valence-corrected chi connectivity index (χ4v) is 3.93. The van der Waals surface area contributed by atoms with Crippen molar-refractivity contribution in [3.05, 3.63) is 23.9 Å². The number of rotatable bonds is 7. The fraction of sp³-hybridized carbons (Fsp3) is 0.412. The van der Waals surface area contributed by atoms with E-state index in [0.29, 0.717) is 23.2 Å². The van der Waals surface area contributed by atoms with Gasteiger partial charge in [0, 0.05) is 13.0 Å². The van der Waals surface area contributed by atoms with Crippen molar-refractivity contribution < 1.29 is 22.5 Å². The predicted octanol–water partition coefficient (Wildman–Crippen LogP) is 2.69. The average Bonchev–Trinajstić information content (AvgIpc) is 2.93. The number of hydrogen-bond donors (Lipinski definition) is 2. The van der Waals surface area contributed by atoms with Crippen LogP contribution in [0.3, 0.4) is 0 Å². The molecule has 0 spiro atoms. The Balaban J connectivity index is 2.58. The molecule has 1 heterocycles. The largest absolute Gasteiger partial charge is 0.495 e. The molecule has 142 valence electrons. The Bertz CT molecular complexity index is 905. The molecule has 2 aromatic rings. The maximum absolute atomic E-state index is 12.8. The zero-order valence-corrected chi connectivity index (χ0v) is 16.2. The molecule has 0 radical (unpaired) electrons. The van der Waals surface area contributed by atoms with Gasteiger partial charge < -0.3 is 9.26 Å². The Morgan fingerprint density at radius 1 is 1.38 bits per heavy atom. The molecule has 1 unspecified atom stereocenters. The highest BCUT2D eigenvalue weighted by Crippen LogP contribution is 2.35. The molecule has 0 aliphatic carbocycles. The number of amides is 1. The summed E-state index contributed by atoms with van der Waals surface area (Å²) in [5.41, 5.74) is 1.58. The Morgan fingerprint density at radius 2 is 2.08 bits per heavy atom. The van der Waals surface area contributed by atoms with Crippen LogP contribution in [0, 0.1) is 6.92 Å². The van der Waals surface area contributed by atoms with Gasteiger partial charge in [-0.05, 0) is 38.0 Å². The molecule has 1 atom stereocenters. The summed E-state index contributed by atoms with van der Waals surface area (Å²) in [6, 6.07) is 4.51. The summed E-state index contributed by atoms with van der Waals surface area (Å²) >= 11 is 0. The molecule has 9 heteroatoms. The summed E-state index contributed by atoms with van der Waals surface area (Å²) in [7, 11) is -2.38. The molecular weight excluding hydrogens is 358 g/mol. The Kier molecular flexibility index (Phi) is 6.04. The van der Waals surface area contributed by atoms with Crippen LogP contribution in [0.25, 0.3) is 11.1 Å². The molecule has 0 aliphatic heterocycles. The molecule has 2 rings (SSSR count). The Labute approximate surface area is 153 Å². The van der Waals surface area contributed by atoms with E-state index in [2.05, 4.69) is 15.2 Å². The van der Waals surface area contributed by atoms with Crippen molar-refractivity contribution in [1.29, 1.82) is 0 Å². The molecule has 0 saturated heterocycles. The summed E-state index contributed by atoms with van der Waals surface area (Å²) in [6.45, 7) is 6.73. The number of aromatic nitrogens is 1. The number of benzene rings is 1. The molecule has 1 aromatic carbocycles. The average molecular weight is 381 g/mol. The van der Waals surface area contributed by atoms with E-state index >= 15 is 0 Å². The van der Waals surface area contributed by atoms with Crippen LogP contribution in [-0.2, 0) is 14.8 Å². The van der Waals surface area contributed by atoms with E-state index in [4.69, 9.17) is 9.26 Å². The topological polar surface area (TPSA) is 111 Å². The van der Waals surface area contributed by atoms with E-state index in [-0.39, 0.29) is 28.5 Å².